The Morgan fingerprint density at radius 2 is 0.750 bits per heavy atom. The molecule has 8 aromatic carbocycles. The summed E-state index contributed by atoms with van der Waals surface area (Å²) >= 11 is 0. The van der Waals surface area contributed by atoms with Gasteiger partial charge in [0.25, 0.3) is 0 Å². The smallest absolute Gasteiger partial charge is 0.164 e. The van der Waals surface area contributed by atoms with Crippen LogP contribution >= 0.6 is 0 Å². The van der Waals surface area contributed by atoms with E-state index in [1.807, 2.05) is 54.6 Å². The van der Waals surface area contributed by atoms with Crippen molar-refractivity contribution in [1.29, 1.82) is 0 Å². The van der Waals surface area contributed by atoms with Gasteiger partial charge >= 0.3 is 0 Å². The number of rotatable bonds is 8. The molecule has 0 bridgehead atoms. The first-order chi connectivity index (χ1) is 33.7. The minimum absolute atomic E-state index is 0.658. The highest BCUT2D eigenvalue weighted by molar-refractivity contribution is 6.28. The van der Waals surface area contributed by atoms with Gasteiger partial charge in [-0.25, -0.2) is 24.9 Å². The number of hydrogen-bond donors (Lipinski definition) is 0. The number of benzene rings is 8. The van der Waals surface area contributed by atoms with Crippen LogP contribution in [0.4, 0.5) is 0 Å². The lowest BCUT2D eigenvalue weighted by Crippen LogP contribution is -2.04. The van der Waals surface area contributed by atoms with Crippen LogP contribution in [0.5, 0.6) is 0 Å². The Labute approximate surface area is 392 Å². The zero-order valence-electron chi connectivity index (χ0n) is 36.9. The molecule has 320 valence electrons. The van der Waals surface area contributed by atoms with Crippen molar-refractivity contribution in [3.63, 3.8) is 0 Å². The Morgan fingerprint density at radius 3 is 1.22 bits per heavy atom. The molecular weight excluding hydrogens is 831 g/mol. The van der Waals surface area contributed by atoms with E-state index in [9.17, 15) is 0 Å². The minimum atomic E-state index is 0.658. The molecular formula is C61H41N7. The van der Waals surface area contributed by atoms with E-state index in [0.29, 0.717) is 17.5 Å². The number of hydrogen-bond acceptors (Lipinski definition) is 5. The van der Waals surface area contributed by atoms with E-state index in [4.69, 9.17) is 24.9 Å². The fourth-order valence-electron chi connectivity index (χ4n) is 9.84. The maximum absolute atomic E-state index is 5.11. The van der Waals surface area contributed by atoms with E-state index in [2.05, 4.69) is 179 Å². The summed E-state index contributed by atoms with van der Waals surface area (Å²) in [5.41, 5.74) is 14.5. The molecule has 0 fully saturated rings. The van der Waals surface area contributed by atoms with Gasteiger partial charge in [-0.2, -0.15) is 0 Å². The van der Waals surface area contributed by atoms with Crippen molar-refractivity contribution >= 4 is 49.2 Å². The molecule has 0 aliphatic heterocycles. The van der Waals surface area contributed by atoms with Gasteiger partial charge in [0.05, 0.1) is 33.5 Å². The Morgan fingerprint density at radius 1 is 0.338 bits per heavy atom. The standard InChI is InChI=1S/C61H41N7/c1-5-17-40(18-6-1)50-39-51(41-19-7-2-8-20-41)63-58(62-50)44-29-33-46(34-30-44)67-52-27-15-13-25-48(52)56-54(67)37-38-55-57(56)49-26-14-16-28-53(49)68(55)47-35-31-45(32-36-47)61-65-59(42-21-9-3-10-22-42)64-60(66-61)43-23-11-4-12-24-43/h1-11,13-23,25-39H,12,24H2. The van der Waals surface area contributed by atoms with Crippen molar-refractivity contribution in [2.75, 3.05) is 0 Å². The van der Waals surface area contributed by atoms with Gasteiger partial charge in [0.15, 0.2) is 23.3 Å². The topological polar surface area (TPSA) is 74.3 Å². The Balaban J connectivity index is 0.921. The summed E-state index contributed by atoms with van der Waals surface area (Å²) < 4.78 is 4.77. The minimum Gasteiger partial charge on any atom is -0.309 e. The lowest BCUT2D eigenvalue weighted by atomic mass is 10.0. The predicted molar refractivity (Wildman–Crippen MR) is 278 cm³/mol. The van der Waals surface area contributed by atoms with Gasteiger partial charge in [-0.15, -0.1) is 0 Å². The first-order valence-electron chi connectivity index (χ1n) is 23.1. The van der Waals surface area contributed by atoms with Gasteiger partial charge in [-0.1, -0.05) is 146 Å². The lowest BCUT2D eigenvalue weighted by Gasteiger charge is -2.12. The molecule has 0 amide bonds. The fraction of sp³-hybridized carbons (Fsp3) is 0.0328. The summed E-state index contributed by atoms with van der Waals surface area (Å²) in [5.74, 6) is 2.74. The van der Waals surface area contributed by atoms with Crippen LogP contribution in [0.15, 0.2) is 224 Å². The van der Waals surface area contributed by atoms with E-state index in [0.717, 1.165) is 96.9 Å². The number of nitrogens with zero attached hydrogens (tertiary/aromatic N) is 7. The second-order valence-electron chi connectivity index (χ2n) is 17.2. The number of para-hydroxylation sites is 2. The van der Waals surface area contributed by atoms with Crippen molar-refractivity contribution in [2.24, 2.45) is 0 Å². The Bertz CT molecular complexity index is 3870. The quantitative estimate of drug-likeness (QED) is 0.152. The molecule has 0 spiro atoms. The van der Waals surface area contributed by atoms with Crippen LogP contribution in [0.2, 0.25) is 0 Å². The van der Waals surface area contributed by atoms with Crippen LogP contribution in [0.1, 0.15) is 18.7 Å². The molecule has 0 saturated carbocycles. The van der Waals surface area contributed by atoms with E-state index in [1.165, 1.54) is 21.5 Å². The predicted octanol–water partition coefficient (Wildman–Crippen LogP) is 14.9. The number of allylic oxidation sites excluding steroid dienone is 4. The maximum Gasteiger partial charge on any atom is 0.164 e. The Hall–Kier alpha value is -9.07. The van der Waals surface area contributed by atoms with E-state index >= 15 is 0 Å². The van der Waals surface area contributed by atoms with Crippen molar-refractivity contribution in [2.45, 2.75) is 12.8 Å². The van der Waals surface area contributed by atoms with Crippen LogP contribution in [0, 0.1) is 0 Å². The van der Waals surface area contributed by atoms with Crippen LogP contribution in [-0.4, -0.2) is 34.1 Å². The number of aromatic nitrogens is 7. The third-order valence-electron chi connectivity index (χ3n) is 13.1. The van der Waals surface area contributed by atoms with Crippen molar-refractivity contribution in [3.05, 3.63) is 230 Å². The average molecular weight is 872 g/mol. The molecule has 4 aromatic heterocycles. The molecule has 0 unspecified atom stereocenters. The Kier molecular flexibility index (Phi) is 9.49. The molecule has 7 nitrogen and oxygen atoms in total. The van der Waals surface area contributed by atoms with Gasteiger partial charge in [-0.3, -0.25) is 0 Å². The van der Waals surface area contributed by atoms with Crippen LogP contribution < -0.4 is 0 Å². The molecule has 0 N–H and O–H groups in total. The highest BCUT2D eigenvalue weighted by Gasteiger charge is 2.22. The first kappa shape index (κ1) is 39.3. The molecule has 0 saturated heterocycles. The molecule has 13 rings (SSSR count). The zero-order chi connectivity index (χ0) is 45.0. The van der Waals surface area contributed by atoms with Crippen LogP contribution in [-0.2, 0) is 0 Å². The number of fused-ring (bicyclic) bond motifs is 7. The lowest BCUT2D eigenvalue weighted by molar-refractivity contribution is 0.978. The average Bonchev–Trinajstić information content (AvgIpc) is 3.94. The van der Waals surface area contributed by atoms with E-state index < -0.39 is 0 Å². The van der Waals surface area contributed by atoms with E-state index in [1.54, 1.807) is 0 Å². The van der Waals surface area contributed by atoms with Gasteiger partial charge in [0.2, 0.25) is 0 Å². The van der Waals surface area contributed by atoms with Crippen molar-refractivity contribution in [1.82, 2.24) is 34.1 Å². The summed E-state index contributed by atoms with van der Waals surface area (Å²) in [6.45, 7) is 0. The third-order valence-corrected chi connectivity index (χ3v) is 13.1. The summed E-state index contributed by atoms with van der Waals surface area (Å²) in [6, 6.07) is 72.3. The maximum atomic E-state index is 5.11. The molecule has 4 heterocycles. The summed E-state index contributed by atoms with van der Waals surface area (Å²) in [4.78, 5) is 25.2. The molecule has 0 atom stereocenters. The van der Waals surface area contributed by atoms with Crippen LogP contribution in [0.25, 0.3) is 117 Å². The van der Waals surface area contributed by atoms with E-state index in [-0.39, 0.29) is 0 Å². The van der Waals surface area contributed by atoms with Crippen molar-refractivity contribution < 1.29 is 0 Å². The highest BCUT2D eigenvalue weighted by atomic mass is 15.0. The molecule has 1 aliphatic carbocycles. The highest BCUT2D eigenvalue weighted by Crippen LogP contribution is 2.43. The first-order valence-corrected chi connectivity index (χ1v) is 23.1. The second kappa shape index (κ2) is 16.4. The SMILES string of the molecule is C1=CCCC(c2nc(-c3ccccc3)nc(-c3ccc(-n4c5ccccc5c5c6c7ccccc7n(-c7ccc(-c8nc(-c9ccccc9)cc(-c9ccccc9)n8)cc7)c6ccc54)cc3)n2)=C1. The normalized spacial score (nSPS) is 12.6. The summed E-state index contributed by atoms with van der Waals surface area (Å²) in [5, 5.41) is 4.84. The molecule has 7 heteroatoms. The second-order valence-corrected chi connectivity index (χ2v) is 17.2. The van der Waals surface area contributed by atoms with Crippen LogP contribution in [0.3, 0.4) is 0 Å². The van der Waals surface area contributed by atoms with Gasteiger partial charge in [0, 0.05) is 60.7 Å². The third kappa shape index (κ3) is 6.79. The van der Waals surface area contributed by atoms with Gasteiger partial charge in [-0.05, 0) is 97.3 Å². The summed E-state index contributed by atoms with van der Waals surface area (Å²) in [7, 11) is 0. The van der Waals surface area contributed by atoms with Crippen molar-refractivity contribution in [3.8, 4) is 68.1 Å². The van der Waals surface area contributed by atoms with Gasteiger partial charge in [0.1, 0.15) is 0 Å². The fourth-order valence-corrected chi connectivity index (χ4v) is 9.84. The molecule has 1 aliphatic rings. The monoisotopic (exact) mass is 871 g/mol. The zero-order valence-corrected chi connectivity index (χ0v) is 36.9. The molecule has 12 aromatic rings. The largest absolute Gasteiger partial charge is 0.309 e. The molecule has 68 heavy (non-hydrogen) atoms. The molecule has 0 radical (unpaired) electrons. The summed E-state index contributed by atoms with van der Waals surface area (Å²) in [6.07, 6.45) is 8.27. The van der Waals surface area contributed by atoms with Gasteiger partial charge < -0.3 is 9.13 Å².